The van der Waals surface area contributed by atoms with Crippen molar-refractivity contribution in [2.45, 2.75) is 6.92 Å². The molecule has 0 N–H and O–H groups in total. The fraction of sp³-hybridized carbons (Fsp3) is 0.0500. The van der Waals surface area contributed by atoms with E-state index in [0.717, 1.165) is 37.8 Å². The Labute approximate surface area is 157 Å². The second kappa shape index (κ2) is 6.16. The smallest absolute Gasteiger partial charge is 0.163 e. The van der Waals surface area contributed by atoms with Crippen LogP contribution in [0.2, 0.25) is 0 Å². The van der Waals surface area contributed by atoms with Gasteiger partial charge in [0.25, 0.3) is 0 Å². The number of nitrogens with zero attached hydrogens (tertiary/aromatic N) is 3. The topological polar surface area (TPSA) is 51.8 Å². The van der Waals surface area contributed by atoms with E-state index in [2.05, 4.69) is 52.9 Å². The van der Waals surface area contributed by atoms with Crippen LogP contribution in [0.5, 0.6) is 0 Å². The van der Waals surface area contributed by atoms with Gasteiger partial charge in [-0.05, 0) is 40.1 Å². The minimum Gasteiger partial charge on any atom is -0.244 e. The summed E-state index contributed by atoms with van der Waals surface area (Å²) < 4.78 is 5.12. The first-order chi connectivity index (χ1) is 12.8. The van der Waals surface area contributed by atoms with Crippen LogP contribution in [0.25, 0.3) is 43.3 Å². The summed E-state index contributed by atoms with van der Waals surface area (Å²) in [7, 11) is 0. The molecule has 126 valence electrons. The molecular weight excluding hydrogens is 362 g/mol. The number of benzene rings is 1. The van der Waals surface area contributed by atoms with E-state index in [0.29, 0.717) is 5.52 Å². The van der Waals surface area contributed by atoms with Crippen LogP contribution in [0.15, 0.2) is 63.9 Å². The van der Waals surface area contributed by atoms with E-state index < -0.39 is 0 Å². The number of rotatable bonds is 3. The molecule has 0 atom stereocenters. The van der Waals surface area contributed by atoms with Crippen molar-refractivity contribution in [3.05, 3.63) is 64.9 Å². The molecule has 0 spiro atoms. The normalized spacial score (nSPS) is 11.3. The molecule has 0 amide bonds. The molecule has 0 radical (unpaired) electrons. The summed E-state index contributed by atoms with van der Waals surface area (Å²) in [4.78, 5) is 7.18. The monoisotopic (exact) mass is 375 g/mol. The summed E-state index contributed by atoms with van der Waals surface area (Å²) in [6, 6.07) is 16.6. The predicted octanol–water partition coefficient (Wildman–Crippen LogP) is 6.05. The minimum atomic E-state index is 0.701. The van der Waals surface area contributed by atoms with Gasteiger partial charge in [-0.25, -0.2) is 9.61 Å². The van der Waals surface area contributed by atoms with Gasteiger partial charge in [-0.3, -0.25) is 0 Å². The van der Waals surface area contributed by atoms with Crippen LogP contribution in [-0.4, -0.2) is 15.3 Å². The second-order valence-electron chi connectivity index (χ2n) is 5.97. The van der Waals surface area contributed by atoms with Gasteiger partial charge in [0.05, 0.1) is 10.6 Å². The van der Waals surface area contributed by atoms with E-state index in [1.165, 1.54) is 5.56 Å². The van der Waals surface area contributed by atoms with Crippen molar-refractivity contribution < 1.29 is 4.63 Å². The van der Waals surface area contributed by atoms with Crippen molar-refractivity contribution in [1.29, 1.82) is 0 Å². The highest BCUT2D eigenvalue weighted by atomic mass is 32.1. The van der Waals surface area contributed by atoms with Crippen molar-refractivity contribution in [2.24, 2.45) is 0 Å². The molecule has 5 rings (SSSR count). The summed E-state index contributed by atoms with van der Waals surface area (Å²) in [5.41, 5.74) is 6.41. The molecule has 4 nitrogen and oxygen atoms in total. The van der Waals surface area contributed by atoms with Crippen LogP contribution >= 0.6 is 22.7 Å². The van der Waals surface area contributed by atoms with Crippen molar-refractivity contribution in [2.75, 3.05) is 0 Å². The fourth-order valence-corrected chi connectivity index (χ4v) is 4.49. The molecule has 1 aromatic carbocycles. The van der Waals surface area contributed by atoms with Gasteiger partial charge in [0.2, 0.25) is 0 Å². The number of pyridine rings is 1. The second-order valence-corrected chi connectivity index (χ2v) is 7.86. The summed E-state index contributed by atoms with van der Waals surface area (Å²) in [5, 5.41) is 12.5. The van der Waals surface area contributed by atoms with Crippen molar-refractivity contribution in [3.8, 4) is 32.3 Å². The van der Waals surface area contributed by atoms with Gasteiger partial charge in [-0.1, -0.05) is 42.0 Å². The van der Waals surface area contributed by atoms with Gasteiger partial charge in [-0.15, -0.1) is 22.7 Å². The quantitative estimate of drug-likeness (QED) is 0.385. The molecule has 4 aromatic heterocycles. The Morgan fingerprint density at radius 1 is 0.769 bits per heavy atom. The average Bonchev–Trinajstić information content (AvgIpc) is 3.42. The Morgan fingerprint density at radius 3 is 2.15 bits per heavy atom. The molecule has 5 aromatic rings. The zero-order chi connectivity index (χ0) is 17.5. The Kier molecular flexibility index (Phi) is 3.65. The molecule has 0 saturated heterocycles. The Balaban J connectivity index is 1.89. The molecular formula is C20H13N3OS2. The third-order valence-corrected chi connectivity index (χ3v) is 6.02. The molecule has 6 heteroatoms. The molecule has 0 aliphatic rings. The maximum Gasteiger partial charge on any atom is 0.163 e. The first-order valence-electron chi connectivity index (χ1n) is 8.12. The van der Waals surface area contributed by atoms with Gasteiger partial charge >= 0.3 is 0 Å². The molecule has 26 heavy (non-hydrogen) atoms. The lowest BCUT2D eigenvalue weighted by Gasteiger charge is -2.10. The summed E-state index contributed by atoms with van der Waals surface area (Å²) in [6.07, 6.45) is 0. The molecule has 0 unspecified atom stereocenters. The third-order valence-electron chi connectivity index (χ3n) is 4.26. The molecule has 0 aliphatic carbocycles. The van der Waals surface area contributed by atoms with Crippen LogP contribution in [0.3, 0.4) is 0 Å². The molecule has 0 bridgehead atoms. The molecule has 0 saturated carbocycles. The number of thiophene rings is 2. The van der Waals surface area contributed by atoms with Crippen molar-refractivity contribution in [1.82, 2.24) is 15.3 Å². The zero-order valence-corrected chi connectivity index (χ0v) is 15.5. The van der Waals surface area contributed by atoms with Crippen molar-refractivity contribution >= 4 is 33.7 Å². The maximum atomic E-state index is 5.12. The first-order valence-corrected chi connectivity index (χ1v) is 9.88. The van der Waals surface area contributed by atoms with Crippen LogP contribution in [0.1, 0.15) is 5.56 Å². The Hall–Kier alpha value is -2.83. The van der Waals surface area contributed by atoms with E-state index in [1.54, 1.807) is 22.7 Å². The highest BCUT2D eigenvalue weighted by Crippen LogP contribution is 2.41. The summed E-state index contributed by atoms with van der Waals surface area (Å²) >= 11 is 3.30. The van der Waals surface area contributed by atoms with Crippen LogP contribution in [-0.2, 0) is 0 Å². The van der Waals surface area contributed by atoms with E-state index in [9.17, 15) is 0 Å². The SMILES string of the molecule is Cc1ccc(-c2nc(-c3cccs3)c3nonc3c2-c2cccs2)cc1. The number of aromatic nitrogens is 3. The molecule has 0 aliphatic heterocycles. The van der Waals surface area contributed by atoms with Crippen LogP contribution in [0, 0.1) is 6.92 Å². The Morgan fingerprint density at radius 2 is 1.46 bits per heavy atom. The van der Waals surface area contributed by atoms with Crippen LogP contribution in [0.4, 0.5) is 0 Å². The highest BCUT2D eigenvalue weighted by molar-refractivity contribution is 7.14. The largest absolute Gasteiger partial charge is 0.244 e. The van der Waals surface area contributed by atoms with Crippen molar-refractivity contribution in [3.63, 3.8) is 0 Å². The lowest BCUT2D eigenvalue weighted by atomic mass is 10.0. The standard InChI is InChI=1S/C20H13N3OS2/c1-12-6-8-13(9-7-12)17-16(14-4-2-10-25-14)19-20(23-24-22-19)18(21-17)15-5-3-11-26-15/h2-11H,1H3. The summed E-state index contributed by atoms with van der Waals surface area (Å²) in [5.74, 6) is 0. The number of hydrogen-bond donors (Lipinski definition) is 0. The zero-order valence-electron chi connectivity index (χ0n) is 13.8. The maximum absolute atomic E-state index is 5.12. The van der Waals surface area contributed by atoms with Gasteiger partial charge in [0, 0.05) is 16.0 Å². The van der Waals surface area contributed by atoms with E-state index in [-0.39, 0.29) is 0 Å². The van der Waals surface area contributed by atoms with Gasteiger partial charge in [0.1, 0.15) is 11.2 Å². The first kappa shape index (κ1) is 15.4. The van der Waals surface area contributed by atoms with E-state index in [4.69, 9.17) is 9.61 Å². The fourth-order valence-electron chi connectivity index (χ4n) is 3.00. The molecule has 0 fully saturated rings. The number of hydrogen-bond acceptors (Lipinski definition) is 6. The third kappa shape index (κ3) is 2.46. The number of fused-ring (bicyclic) bond motifs is 1. The lowest BCUT2D eigenvalue weighted by Crippen LogP contribution is -1.94. The summed E-state index contributed by atoms with van der Waals surface area (Å²) in [6.45, 7) is 2.08. The van der Waals surface area contributed by atoms with Gasteiger partial charge < -0.3 is 0 Å². The number of aryl methyl sites for hydroxylation is 1. The minimum absolute atomic E-state index is 0.701. The van der Waals surface area contributed by atoms with Gasteiger partial charge in [0.15, 0.2) is 5.52 Å². The van der Waals surface area contributed by atoms with E-state index in [1.807, 2.05) is 23.6 Å². The predicted molar refractivity (Wildman–Crippen MR) is 106 cm³/mol. The Bertz CT molecular complexity index is 1170. The van der Waals surface area contributed by atoms with E-state index >= 15 is 0 Å². The highest BCUT2D eigenvalue weighted by Gasteiger charge is 2.22. The molecule has 4 heterocycles. The van der Waals surface area contributed by atoms with Gasteiger partial charge in [-0.2, -0.15) is 0 Å². The lowest BCUT2D eigenvalue weighted by molar-refractivity contribution is 0.315. The van der Waals surface area contributed by atoms with Crippen LogP contribution < -0.4 is 0 Å². The average molecular weight is 375 g/mol.